The second kappa shape index (κ2) is 17.4. The van der Waals surface area contributed by atoms with Gasteiger partial charge in [-0.2, -0.15) is 0 Å². The van der Waals surface area contributed by atoms with E-state index < -0.39 is 15.2 Å². The normalized spacial score (nSPS) is 19.0. The average Bonchev–Trinajstić information content (AvgIpc) is 3.07. The van der Waals surface area contributed by atoms with Gasteiger partial charge in [-0.3, -0.25) is 0 Å². The highest BCUT2D eigenvalue weighted by Gasteiger charge is 2.38. The maximum absolute atomic E-state index is 14.5. The summed E-state index contributed by atoms with van der Waals surface area (Å²) in [6.45, 7) is 15.2. The van der Waals surface area contributed by atoms with Crippen LogP contribution in [0.1, 0.15) is 108 Å². The van der Waals surface area contributed by atoms with Gasteiger partial charge in [0.1, 0.15) is 11.5 Å². The van der Waals surface area contributed by atoms with Crippen LogP contribution in [-0.2, 0) is 35.9 Å². The molecule has 8 heteroatoms. The van der Waals surface area contributed by atoms with Crippen molar-refractivity contribution in [2.75, 3.05) is 14.2 Å². The number of allylic oxidation sites excluding steroid dienone is 3. The van der Waals surface area contributed by atoms with E-state index in [2.05, 4.69) is 40.3 Å². The molecule has 0 spiro atoms. The monoisotopic (exact) mass is 706 g/mol. The fraction of sp³-hybridized carbons (Fsp3) is 0.463. The van der Waals surface area contributed by atoms with E-state index >= 15 is 0 Å². The lowest BCUT2D eigenvalue weighted by Gasteiger charge is -2.35. The first-order valence-electron chi connectivity index (χ1n) is 17.6. The van der Waals surface area contributed by atoms with Gasteiger partial charge in [0.25, 0.3) is 0 Å². The summed E-state index contributed by atoms with van der Waals surface area (Å²) < 4.78 is 53.8. The van der Waals surface area contributed by atoms with E-state index in [0.29, 0.717) is 17.1 Å². The summed E-state index contributed by atoms with van der Waals surface area (Å²) in [6.07, 6.45) is 9.73. The largest absolute Gasteiger partial charge is 0.424 e. The first-order valence-corrected chi connectivity index (χ1v) is 21.1. The van der Waals surface area contributed by atoms with E-state index in [0.717, 1.165) is 60.8 Å². The van der Waals surface area contributed by atoms with Crippen LogP contribution in [0.25, 0.3) is 0 Å². The lowest BCUT2D eigenvalue weighted by atomic mass is 9.72. The van der Waals surface area contributed by atoms with Crippen molar-refractivity contribution in [3.8, 4) is 11.5 Å². The van der Waals surface area contributed by atoms with Crippen LogP contribution in [0.4, 0.5) is 0 Å². The summed E-state index contributed by atoms with van der Waals surface area (Å²) in [7, 11) is -4.56. The Morgan fingerprint density at radius 1 is 0.837 bits per heavy atom. The third-order valence-electron chi connectivity index (χ3n) is 9.72. The topological polar surface area (TPSA) is 71.1 Å². The van der Waals surface area contributed by atoms with Gasteiger partial charge in [0.05, 0.1) is 12.3 Å². The molecule has 0 heterocycles. The van der Waals surface area contributed by atoms with Crippen molar-refractivity contribution in [3.05, 3.63) is 119 Å². The van der Waals surface area contributed by atoms with Gasteiger partial charge in [-0.05, 0) is 73.3 Å². The zero-order chi connectivity index (χ0) is 35.7. The highest BCUT2D eigenvalue weighted by atomic mass is 31.2. The minimum absolute atomic E-state index is 0.0633. The molecule has 4 unspecified atom stereocenters. The molecule has 3 aromatic rings. The lowest BCUT2D eigenvalue weighted by Crippen LogP contribution is -2.21. The van der Waals surface area contributed by atoms with E-state index in [9.17, 15) is 9.13 Å². The molecular weight excluding hydrogens is 650 g/mol. The van der Waals surface area contributed by atoms with E-state index in [4.69, 9.17) is 18.1 Å². The maximum Gasteiger partial charge on any atom is 0.383 e. The van der Waals surface area contributed by atoms with Crippen LogP contribution in [0.15, 0.2) is 96.6 Å². The Morgan fingerprint density at radius 3 is 1.80 bits per heavy atom. The van der Waals surface area contributed by atoms with Crippen LogP contribution in [0.3, 0.4) is 0 Å². The molecule has 0 saturated carbocycles. The molecule has 49 heavy (non-hydrogen) atoms. The Morgan fingerprint density at radius 2 is 1.35 bits per heavy atom. The van der Waals surface area contributed by atoms with E-state index in [-0.39, 0.29) is 29.6 Å². The van der Waals surface area contributed by atoms with Crippen LogP contribution >= 0.6 is 15.2 Å². The summed E-state index contributed by atoms with van der Waals surface area (Å²) in [5.74, 6) is 0.676. The van der Waals surface area contributed by atoms with Crippen LogP contribution in [-0.4, -0.2) is 14.2 Å². The summed E-state index contributed by atoms with van der Waals surface area (Å²) in [4.78, 5) is 0. The van der Waals surface area contributed by atoms with Crippen molar-refractivity contribution < 1.29 is 27.2 Å². The molecule has 1 aliphatic rings. The summed E-state index contributed by atoms with van der Waals surface area (Å²) in [5, 5.41) is 0. The van der Waals surface area contributed by atoms with Crippen molar-refractivity contribution in [1.29, 1.82) is 0 Å². The van der Waals surface area contributed by atoms with Gasteiger partial charge in [0.2, 0.25) is 0 Å². The van der Waals surface area contributed by atoms with E-state index in [1.54, 1.807) is 0 Å². The molecule has 0 bridgehead atoms. The second-order valence-corrected chi connectivity index (χ2v) is 18.3. The van der Waals surface area contributed by atoms with Gasteiger partial charge in [-0.15, -0.1) is 0 Å². The highest BCUT2D eigenvalue weighted by molar-refractivity contribution is 7.53. The lowest BCUT2D eigenvalue weighted by molar-refractivity contribution is 0.311. The Hall–Kier alpha value is -2.88. The van der Waals surface area contributed by atoms with Crippen molar-refractivity contribution >= 4 is 15.2 Å². The first-order chi connectivity index (χ1) is 23.3. The summed E-state index contributed by atoms with van der Waals surface area (Å²) in [6, 6.07) is 23.2. The Balaban J connectivity index is 1.96. The molecule has 3 aromatic carbocycles. The van der Waals surface area contributed by atoms with Crippen LogP contribution in [0, 0.1) is 5.92 Å². The van der Waals surface area contributed by atoms with Gasteiger partial charge < -0.3 is 18.1 Å². The Bertz CT molecular complexity index is 1580. The SMILES string of the molecule is C=C(C)C1CCC(C)=CC1c1c(OP(=O)(Cc2ccccc2)OC)cc(C(C)(C)CCCCCC)cc1OP(=O)(Cc1ccccc1)OC. The minimum atomic E-state index is -3.71. The third-order valence-corrected chi connectivity index (χ3v) is 13.3. The minimum Gasteiger partial charge on any atom is -0.424 e. The van der Waals surface area contributed by atoms with Gasteiger partial charge in [0.15, 0.2) is 0 Å². The molecule has 266 valence electrons. The molecular formula is C41H56O6P2. The van der Waals surface area contributed by atoms with Crippen molar-refractivity contribution in [2.45, 2.75) is 103 Å². The van der Waals surface area contributed by atoms with E-state index in [1.807, 2.05) is 79.7 Å². The first kappa shape index (κ1) is 38.9. The molecule has 0 saturated heterocycles. The quantitative estimate of drug-likeness (QED) is 0.0745. The van der Waals surface area contributed by atoms with Crippen LogP contribution in [0.2, 0.25) is 0 Å². The van der Waals surface area contributed by atoms with Crippen LogP contribution < -0.4 is 9.05 Å². The fourth-order valence-corrected chi connectivity index (χ4v) is 9.45. The second-order valence-electron chi connectivity index (χ2n) is 14.2. The van der Waals surface area contributed by atoms with Crippen molar-refractivity contribution in [2.24, 2.45) is 5.92 Å². The van der Waals surface area contributed by atoms with Crippen molar-refractivity contribution in [1.82, 2.24) is 0 Å². The molecule has 4 rings (SSSR count). The molecule has 4 atom stereocenters. The Kier molecular flexibility index (Phi) is 13.8. The van der Waals surface area contributed by atoms with Gasteiger partial charge in [-0.1, -0.05) is 131 Å². The number of unbranched alkanes of at least 4 members (excludes halogenated alkanes) is 3. The molecule has 0 N–H and O–H groups in total. The highest BCUT2D eigenvalue weighted by Crippen LogP contribution is 2.59. The van der Waals surface area contributed by atoms with Crippen molar-refractivity contribution in [3.63, 3.8) is 0 Å². The summed E-state index contributed by atoms with van der Waals surface area (Å²) in [5.41, 5.74) is 5.31. The molecule has 0 aromatic heterocycles. The molecule has 1 aliphatic carbocycles. The van der Waals surface area contributed by atoms with Gasteiger partial charge in [-0.25, -0.2) is 9.13 Å². The summed E-state index contributed by atoms with van der Waals surface area (Å²) >= 11 is 0. The number of benzene rings is 3. The predicted molar refractivity (Wildman–Crippen MR) is 203 cm³/mol. The molecule has 0 aliphatic heterocycles. The molecule has 0 radical (unpaired) electrons. The number of rotatable bonds is 18. The fourth-order valence-electron chi connectivity index (χ4n) is 6.70. The number of hydrogen-bond acceptors (Lipinski definition) is 6. The van der Waals surface area contributed by atoms with Crippen LogP contribution in [0.5, 0.6) is 11.5 Å². The molecule has 0 fully saturated rings. The van der Waals surface area contributed by atoms with Gasteiger partial charge >= 0.3 is 15.2 Å². The Labute approximate surface area is 295 Å². The smallest absolute Gasteiger partial charge is 0.383 e. The number of hydrogen-bond donors (Lipinski definition) is 0. The zero-order valence-corrected chi connectivity index (χ0v) is 32.4. The zero-order valence-electron chi connectivity index (χ0n) is 30.6. The van der Waals surface area contributed by atoms with Gasteiger partial charge in [0, 0.05) is 25.7 Å². The standard InChI is InChI=1S/C41H56O6P2/c1-9-10-11-18-25-41(5,6)35-27-38(46-48(42,44-7)29-33-19-14-12-15-20-33)40(37-26-32(4)23-24-36(37)31(2)3)39(28-35)47-49(43,45-8)30-34-21-16-13-17-22-34/h12-17,19-22,26-28,36-37H,2,9-11,18,23-25,29-30H2,1,3-8H3. The maximum atomic E-state index is 14.5. The third kappa shape index (κ3) is 10.6. The molecule has 6 nitrogen and oxygen atoms in total. The van der Waals surface area contributed by atoms with E-state index in [1.165, 1.54) is 26.2 Å². The predicted octanol–water partition coefficient (Wildman–Crippen LogP) is 12.8. The average molecular weight is 707 g/mol. The molecule has 0 amide bonds.